The monoisotopic (exact) mass is 180 g/mol. The summed E-state index contributed by atoms with van der Waals surface area (Å²) in [7, 11) is 2.80. The van der Waals surface area contributed by atoms with E-state index in [1.54, 1.807) is 7.11 Å². The summed E-state index contributed by atoms with van der Waals surface area (Å²) in [6.45, 7) is 5.38. The second-order valence-electron chi connectivity index (χ2n) is 2.40. The Labute approximate surface area is 69.8 Å². The summed E-state index contributed by atoms with van der Waals surface area (Å²) in [5.74, 6) is 2.02. The number of ether oxygens (including phenoxy) is 1. The van der Waals surface area contributed by atoms with Gasteiger partial charge in [0, 0.05) is 13.7 Å². The van der Waals surface area contributed by atoms with Gasteiger partial charge < -0.3 is 4.74 Å². The van der Waals surface area contributed by atoms with Crippen LogP contribution in [0.3, 0.4) is 0 Å². The van der Waals surface area contributed by atoms with Crippen molar-refractivity contribution < 1.29 is 4.74 Å². The minimum absolute atomic E-state index is 0.730. The molecule has 1 nitrogen and oxygen atoms in total. The molecular weight excluding hydrogens is 163 g/mol. The highest BCUT2D eigenvalue weighted by atomic mass is 32.7. The summed E-state index contributed by atoms with van der Waals surface area (Å²) in [6, 6.07) is 0. The lowest BCUT2D eigenvalue weighted by Gasteiger charge is -2.07. The zero-order valence-electron chi connectivity index (χ0n) is 7.02. The fourth-order valence-electron chi connectivity index (χ4n) is 0.730. The Bertz CT molecular complexity index is 70.6. The van der Waals surface area contributed by atoms with Gasteiger partial charge in [-0.3, -0.25) is 0 Å². The van der Waals surface area contributed by atoms with Gasteiger partial charge in [-0.05, 0) is 24.8 Å². The molecule has 0 aliphatic rings. The summed E-state index contributed by atoms with van der Waals surface area (Å²) in [5.41, 5.74) is 0. The van der Waals surface area contributed by atoms with Gasteiger partial charge in [0.1, 0.15) is 0 Å². The van der Waals surface area contributed by atoms with Crippen LogP contribution in [0.25, 0.3) is 0 Å². The van der Waals surface area contributed by atoms with Gasteiger partial charge in [-0.15, -0.1) is 11.4 Å². The second-order valence-corrected chi connectivity index (χ2v) is 5.60. The summed E-state index contributed by atoms with van der Waals surface area (Å²) in [6.07, 6.45) is 1.29. The summed E-state index contributed by atoms with van der Waals surface area (Å²) in [5, 5.41) is 0. The Balaban J connectivity index is 2.97. The van der Waals surface area contributed by atoms with Gasteiger partial charge in [0.05, 0.1) is 0 Å². The van der Waals surface area contributed by atoms with Crippen LogP contribution < -0.4 is 0 Å². The van der Waals surface area contributed by atoms with E-state index in [4.69, 9.17) is 4.74 Å². The summed E-state index contributed by atoms with van der Waals surface area (Å²) >= 11 is 2.03. The van der Waals surface area contributed by atoms with Crippen molar-refractivity contribution in [1.29, 1.82) is 0 Å². The first-order chi connectivity index (χ1) is 4.81. The van der Waals surface area contributed by atoms with Crippen LogP contribution in [0.1, 0.15) is 13.3 Å². The molecule has 10 heavy (non-hydrogen) atoms. The van der Waals surface area contributed by atoms with Crippen LogP contribution in [0.5, 0.6) is 0 Å². The Hall–Kier alpha value is 0.740. The zero-order chi connectivity index (χ0) is 7.82. The van der Waals surface area contributed by atoms with Crippen molar-refractivity contribution in [2.45, 2.75) is 13.3 Å². The quantitative estimate of drug-likeness (QED) is 0.459. The number of methoxy groups -OCH3 is 1. The fourth-order valence-corrected chi connectivity index (χ4v) is 2.42. The molecule has 0 aromatic rings. The van der Waals surface area contributed by atoms with Crippen LogP contribution in [0.15, 0.2) is 0 Å². The third-order valence-corrected chi connectivity index (χ3v) is 3.52. The molecular formula is C7H17OPS. The smallest absolute Gasteiger partial charge is 0.0488 e. The largest absolute Gasteiger partial charge is 0.384 e. The maximum Gasteiger partial charge on any atom is 0.0488 e. The Morgan fingerprint density at radius 3 is 2.80 bits per heavy atom. The highest BCUT2D eigenvalue weighted by molar-refractivity contribution is 8.49. The molecule has 0 bridgehead atoms. The van der Waals surface area contributed by atoms with Gasteiger partial charge in [-0.1, -0.05) is 14.7 Å². The predicted molar refractivity (Wildman–Crippen MR) is 52.4 cm³/mol. The molecule has 0 N–H and O–H groups in total. The average Bonchev–Trinajstić information content (AvgIpc) is 1.89. The second kappa shape index (κ2) is 7.84. The fraction of sp³-hybridized carbons (Fsp3) is 1.00. The molecule has 0 heterocycles. The van der Waals surface area contributed by atoms with Crippen LogP contribution in [0.4, 0.5) is 0 Å². The van der Waals surface area contributed by atoms with Crippen molar-refractivity contribution in [2.75, 3.05) is 26.1 Å². The maximum atomic E-state index is 5.03. The summed E-state index contributed by atoms with van der Waals surface area (Å²) in [4.78, 5) is 0. The highest BCUT2D eigenvalue weighted by Crippen LogP contribution is 2.26. The van der Waals surface area contributed by atoms with Gasteiger partial charge in [0.15, 0.2) is 0 Å². The third-order valence-electron chi connectivity index (χ3n) is 1.31. The molecule has 0 amide bonds. The van der Waals surface area contributed by atoms with E-state index < -0.39 is 0 Å². The molecule has 0 aliphatic heterocycles. The molecule has 3 heteroatoms. The molecule has 2 unspecified atom stereocenters. The molecule has 0 fully saturated rings. The van der Waals surface area contributed by atoms with Gasteiger partial charge in [-0.2, -0.15) is 0 Å². The number of hydrogen-bond donors (Lipinski definition) is 0. The van der Waals surface area contributed by atoms with Crippen molar-refractivity contribution in [3.8, 4) is 0 Å². The van der Waals surface area contributed by atoms with E-state index in [-0.39, 0.29) is 0 Å². The van der Waals surface area contributed by atoms with E-state index in [1.165, 1.54) is 12.2 Å². The number of rotatable bonds is 6. The first-order valence-electron chi connectivity index (χ1n) is 3.58. The topological polar surface area (TPSA) is 9.23 Å². The molecule has 0 radical (unpaired) electrons. The molecule has 62 valence electrons. The first-order valence-corrected chi connectivity index (χ1v) is 6.79. The maximum absolute atomic E-state index is 5.03. The zero-order valence-corrected chi connectivity index (χ0v) is 8.83. The van der Waals surface area contributed by atoms with Crippen LogP contribution >= 0.6 is 19.2 Å². The van der Waals surface area contributed by atoms with Crippen LogP contribution in [-0.4, -0.2) is 26.1 Å². The normalized spacial score (nSPS) is 14.7. The molecule has 0 spiro atoms. The van der Waals surface area contributed by atoms with E-state index >= 15 is 0 Å². The lowest BCUT2D eigenvalue weighted by molar-refractivity contribution is 0.158. The van der Waals surface area contributed by atoms with Crippen molar-refractivity contribution in [3.63, 3.8) is 0 Å². The minimum Gasteiger partial charge on any atom is -0.384 e. The van der Waals surface area contributed by atoms with Gasteiger partial charge >= 0.3 is 0 Å². The van der Waals surface area contributed by atoms with Crippen LogP contribution in [-0.2, 0) is 4.74 Å². The van der Waals surface area contributed by atoms with Crippen molar-refractivity contribution in [2.24, 2.45) is 5.92 Å². The highest BCUT2D eigenvalue weighted by Gasteiger charge is 1.99. The molecule has 0 aromatic heterocycles. The van der Waals surface area contributed by atoms with E-state index in [9.17, 15) is 0 Å². The third kappa shape index (κ3) is 6.85. The van der Waals surface area contributed by atoms with Crippen molar-refractivity contribution >= 4 is 19.2 Å². The lowest BCUT2D eigenvalue weighted by atomic mass is 10.1. The lowest BCUT2D eigenvalue weighted by Crippen LogP contribution is -2.03. The average molecular weight is 180 g/mol. The summed E-state index contributed by atoms with van der Waals surface area (Å²) < 4.78 is 5.03. The Morgan fingerprint density at radius 2 is 2.30 bits per heavy atom. The molecule has 2 atom stereocenters. The molecule has 0 aromatic carbocycles. The van der Waals surface area contributed by atoms with E-state index in [1.807, 2.05) is 11.4 Å². The van der Waals surface area contributed by atoms with Gasteiger partial charge in [-0.25, -0.2) is 0 Å². The number of hydrogen-bond acceptors (Lipinski definition) is 2. The van der Waals surface area contributed by atoms with E-state index in [0.29, 0.717) is 0 Å². The predicted octanol–water partition coefficient (Wildman–Crippen LogP) is 2.62. The minimum atomic E-state index is 0.730. The van der Waals surface area contributed by atoms with Crippen LogP contribution in [0.2, 0.25) is 0 Å². The Morgan fingerprint density at radius 1 is 1.60 bits per heavy atom. The van der Waals surface area contributed by atoms with Gasteiger partial charge in [0.25, 0.3) is 0 Å². The van der Waals surface area contributed by atoms with Crippen molar-refractivity contribution in [1.82, 2.24) is 0 Å². The van der Waals surface area contributed by atoms with E-state index in [0.717, 1.165) is 20.3 Å². The van der Waals surface area contributed by atoms with Gasteiger partial charge in [0.2, 0.25) is 0 Å². The molecule has 0 aliphatic carbocycles. The SMILES string of the molecule is COCC(C)CCSPC. The Kier molecular flexibility index (Phi) is 8.42. The van der Waals surface area contributed by atoms with E-state index in [2.05, 4.69) is 13.6 Å². The van der Waals surface area contributed by atoms with Crippen LogP contribution in [0, 0.1) is 5.92 Å². The first kappa shape index (κ1) is 10.7. The standard InChI is InChI=1S/C7H17OPS/c1-7(6-8-2)4-5-10-9-3/h7,9H,4-6H2,1-3H3. The molecule has 0 saturated heterocycles. The molecule has 0 saturated carbocycles. The van der Waals surface area contributed by atoms with Crippen molar-refractivity contribution in [3.05, 3.63) is 0 Å². The molecule has 0 rings (SSSR count).